The van der Waals surface area contributed by atoms with Gasteiger partial charge < -0.3 is 11.5 Å². The van der Waals surface area contributed by atoms with Crippen molar-refractivity contribution in [1.29, 1.82) is 0 Å². The van der Waals surface area contributed by atoms with E-state index in [2.05, 4.69) is 49.4 Å². The molecule has 4 N–H and O–H groups in total. The summed E-state index contributed by atoms with van der Waals surface area (Å²) >= 11 is 0. The number of hydrogen-bond donors (Lipinski definition) is 2. The fourth-order valence-corrected chi connectivity index (χ4v) is 3.03. The number of rotatable bonds is 2. The lowest BCUT2D eigenvalue weighted by Crippen LogP contribution is -2.41. The lowest BCUT2D eigenvalue weighted by Gasteiger charge is -2.34. The zero-order valence-corrected chi connectivity index (χ0v) is 11.8. The average molecular weight is 264 g/mol. The molecule has 2 aromatic rings. The maximum Gasteiger partial charge on any atom is 0.0511 e. The number of benzene rings is 2. The minimum Gasteiger partial charge on any atom is -0.398 e. The summed E-state index contributed by atoms with van der Waals surface area (Å²) in [4.78, 5) is 0. The summed E-state index contributed by atoms with van der Waals surface area (Å²) in [6.07, 6.45) is 5.89. The third kappa shape index (κ3) is 2.23. The van der Waals surface area contributed by atoms with Crippen molar-refractivity contribution >= 4 is 11.8 Å². The summed E-state index contributed by atoms with van der Waals surface area (Å²) in [5.41, 5.74) is 18.0. The molecule has 0 spiro atoms. The Kier molecular flexibility index (Phi) is 3.11. The molecule has 0 saturated carbocycles. The summed E-state index contributed by atoms with van der Waals surface area (Å²) in [6, 6.07) is 14.6. The Morgan fingerprint density at radius 3 is 2.60 bits per heavy atom. The first-order valence-corrected chi connectivity index (χ1v) is 6.98. The standard InChI is InChI=1S/C18H20N2/c1-13-7-9-14(10-8-13)12-18(20)11-3-5-15-4-2-6-16(19)17(15)18/h2-10H,11-12,19-20H2,1H3. The van der Waals surface area contributed by atoms with Crippen molar-refractivity contribution in [3.05, 3.63) is 70.8 Å². The lowest BCUT2D eigenvalue weighted by molar-refractivity contribution is 0.444. The zero-order chi connectivity index (χ0) is 14.2. The molecule has 20 heavy (non-hydrogen) atoms. The SMILES string of the molecule is Cc1ccc(CC2(N)CC=Cc3cccc(N)c32)cc1. The average Bonchev–Trinajstić information content (AvgIpc) is 2.41. The van der Waals surface area contributed by atoms with E-state index >= 15 is 0 Å². The van der Waals surface area contributed by atoms with Crippen LogP contribution in [0.4, 0.5) is 5.69 Å². The first-order chi connectivity index (χ1) is 9.58. The van der Waals surface area contributed by atoms with E-state index in [0.717, 1.165) is 29.7 Å². The number of nitrogen functional groups attached to an aromatic ring is 1. The highest BCUT2D eigenvalue weighted by atomic mass is 14.8. The third-order valence-electron chi connectivity index (χ3n) is 4.05. The highest BCUT2D eigenvalue weighted by Crippen LogP contribution is 2.37. The van der Waals surface area contributed by atoms with Crippen LogP contribution in [-0.4, -0.2) is 0 Å². The quantitative estimate of drug-likeness (QED) is 0.817. The van der Waals surface area contributed by atoms with Crippen molar-refractivity contribution in [3.8, 4) is 0 Å². The molecule has 0 amide bonds. The van der Waals surface area contributed by atoms with Crippen LogP contribution in [0.25, 0.3) is 6.08 Å². The molecule has 102 valence electrons. The van der Waals surface area contributed by atoms with Crippen molar-refractivity contribution in [2.24, 2.45) is 5.73 Å². The van der Waals surface area contributed by atoms with Gasteiger partial charge in [-0.3, -0.25) is 0 Å². The van der Waals surface area contributed by atoms with Gasteiger partial charge in [0.2, 0.25) is 0 Å². The molecular formula is C18H20N2. The van der Waals surface area contributed by atoms with Gasteiger partial charge in [-0.1, -0.05) is 54.1 Å². The molecule has 1 aliphatic rings. The monoisotopic (exact) mass is 264 g/mol. The van der Waals surface area contributed by atoms with Crippen LogP contribution >= 0.6 is 0 Å². The van der Waals surface area contributed by atoms with Crippen LogP contribution in [0.2, 0.25) is 0 Å². The second-order valence-corrected chi connectivity index (χ2v) is 5.74. The Balaban J connectivity index is 2.01. The molecule has 1 unspecified atom stereocenters. The van der Waals surface area contributed by atoms with Crippen LogP contribution in [0.5, 0.6) is 0 Å². The number of aryl methyl sites for hydroxylation is 1. The van der Waals surface area contributed by atoms with E-state index in [0.29, 0.717) is 0 Å². The molecule has 0 bridgehead atoms. The van der Waals surface area contributed by atoms with E-state index in [1.165, 1.54) is 11.1 Å². The summed E-state index contributed by atoms with van der Waals surface area (Å²) < 4.78 is 0. The topological polar surface area (TPSA) is 52.0 Å². The molecular weight excluding hydrogens is 244 g/mol. The first-order valence-electron chi connectivity index (χ1n) is 6.98. The van der Waals surface area contributed by atoms with Gasteiger partial charge in [-0.2, -0.15) is 0 Å². The molecule has 0 aromatic heterocycles. The fourth-order valence-electron chi connectivity index (χ4n) is 3.03. The molecule has 1 atom stereocenters. The van der Waals surface area contributed by atoms with Crippen LogP contribution < -0.4 is 11.5 Å². The van der Waals surface area contributed by atoms with E-state index < -0.39 is 5.54 Å². The van der Waals surface area contributed by atoms with E-state index in [-0.39, 0.29) is 0 Å². The van der Waals surface area contributed by atoms with Crippen LogP contribution in [0.1, 0.15) is 28.7 Å². The second kappa shape index (κ2) is 4.80. The molecule has 1 aliphatic carbocycles. The van der Waals surface area contributed by atoms with E-state index in [1.807, 2.05) is 12.1 Å². The third-order valence-corrected chi connectivity index (χ3v) is 4.05. The van der Waals surface area contributed by atoms with E-state index in [4.69, 9.17) is 11.5 Å². The highest BCUT2D eigenvalue weighted by molar-refractivity contribution is 5.68. The smallest absolute Gasteiger partial charge is 0.0511 e. The lowest BCUT2D eigenvalue weighted by atomic mass is 9.76. The summed E-state index contributed by atoms with van der Waals surface area (Å²) in [5.74, 6) is 0. The largest absolute Gasteiger partial charge is 0.398 e. The normalized spacial score (nSPS) is 20.7. The summed E-state index contributed by atoms with van der Waals surface area (Å²) in [5, 5.41) is 0. The van der Waals surface area contributed by atoms with E-state index in [1.54, 1.807) is 0 Å². The number of fused-ring (bicyclic) bond motifs is 1. The van der Waals surface area contributed by atoms with Gasteiger partial charge in [-0.05, 0) is 37.0 Å². The molecule has 2 nitrogen and oxygen atoms in total. The Bertz CT molecular complexity index is 656. The molecule has 0 heterocycles. The van der Waals surface area contributed by atoms with Gasteiger partial charge in [-0.15, -0.1) is 0 Å². The van der Waals surface area contributed by atoms with Gasteiger partial charge in [0.05, 0.1) is 5.54 Å². The highest BCUT2D eigenvalue weighted by Gasteiger charge is 2.32. The minimum atomic E-state index is -0.412. The van der Waals surface area contributed by atoms with Gasteiger partial charge >= 0.3 is 0 Å². The Morgan fingerprint density at radius 1 is 1.10 bits per heavy atom. The van der Waals surface area contributed by atoms with Crippen LogP contribution in [0.15, 0.2) is 48.5 Å². The predicted molar refractivity (Wildman–Crippen MR) is 85.3 cm³/mol. The first kappa shape index (κ1) is 12.9. The van der Waals surface area contributed by atoms with Gasteiger partial charge in [-0.25, -0.2) is 0 Å². The number of hydrogen-bond acceptors (Lipinski definition) is 2. The van der Waals surface area contributed by atoms with Crippen molar-refractivity contribution < 1.29 is 0 Å². The van der Waals surface area contributed by atoms with Crippen LogP contribution in [-0.2, 0) is 12.0 Å². The Labute approximate surface area is 120 Å². The molecule has 0 saturated heterocycles. The van der Waals surface area contributed by atoms with Crippen molar-refractivity contribution in [2.45, 2.75) is 25.3 Å². The fraction of sp³-hybridized carbons (Fsp3) is 0.222. The zero-order valence-electron chi connectivity index (χ0n) is 11.8. The molecule has 2 heteroatoms. The van der Waals surface area contributed by atoms with Crippen LogP contribution in [0, 0.1) is 6.92 Å². The Hall–Kier alpha value is -2.06. The Morgan fingerprint density at radius 2 is 1.85 bits per heavy atom. The predicted octanol–water partition coefficient (Wildman–Crippen LogP) is 3.39. The van der Waals surface area contributed by atoms with E-state index in [9.17, 15) is 0 Å². The van der Waals surface area contributed by atoms with Gasteiger partial charge in [0.25, 0.3) is 0 Å². The minimum absolute atomic E-state index is 0.412. The molecule has 2 aromatic carbocycles. The second-order valence-electron chi connectivity index (χ2n) is 5.74. The van der Waals surface area contributed by atoms with Gasteiger partial charge in [0.15, 0.2) is 0 Å². The molecule has 0 radical (unpaired) electrons. The van der Waals surface area contributed by atoms with Crippen LogP contribution in [0.3, 0.4) is 0 Å². The maximum atomic E-state index is 6.71. The molecule has 0 fully saturated rings. The van der Waals surface area contributed by atoms with Gasteiger partial charge in [0, 0.05) is 11.3 Å². The number of nitrogens with two attached hydrogens (primary N) is 2. The summed E-state index contributed by atoms with van der Waals surface area (Å²) in [6.45, 7) is 2.10. The van der Waals surface area contributed by atoms with Gasteiger partial charge in [0.1, 0.15) is 0 Å². The summed E-state index contributed by atoms with van der Waals surface area (Å²) in [7, 11) is 0. The molecule has 3 rings (SSSR count). The molecule has 0 aliphatic heterocycles. The van der Waals surface area contributed by atoms with Crippen molar-refractivity contribution in [3.63, 3.8) is 0 Å². The maximum absolute atomic E-state index is 6.71. The number of anilines is 1. The van der Waals surface area contributed by atoms with Crippen molar-refractivity contribution in [1.82, 2.24) is 0 Å². The van der Waals surface area contributed by atoms with Crippen molar-refractivity contribution in [2.75, 3.05) is 5.73 Å².